The second-order valence-corrected chi connectivity index (χ2v) is 9.46. The van der Waals surface area contributed by atoms with E-state index in [9.17, 15) is 13.2 Å². The summed E-state index contributed by atoms with van der Waals surface area (Å²) in [6.07, 6.45) is 5.30. The number of anilines is 2. The van der Waals surface area contributed by atoms with Crippen molar-refractivity contribution in [3.05, 3.63) is 23.0 Å². The van der Waals surface area contributed by atoms with Crippen LogP contribution in [0.2, 0.25) is 0 Å². The molecule has 0 bridgehead atoms. The summed E-state index contributed by atoms with van der Waals surface area (Å²) in [6, 6.07) is 1.98. The maximum Gasteiger partial charge on any atom is 0.490 e. The lowest BCUT2D eigenvalue weighted by Gasteiger charge is -2.28. The average molecular weight is 503 g/mol. The zero-order chi connectivity index (χ0) is 24.6. The molecule has 188 valence electrons. The van der Waals surface area contributed by atoms with E-state index in [2.05, 4.69) is 30.2 Å². The van der Waals surface area contributed by atoms with Crippen molar-refractivity contribution in [2.75, 3.05) is 30.9 Å². The van der Waals surface area contributed by atoms with Gasteiger partial charge in [0.1, 0.15) is 18.0 Å². The van der Waals surface area contributed by atoms with Crippen molar-refractivity contribution in [3.63, 3.8) is 0 Å². The number of aromatic nitrogens is 4. The number of nitrogens with zero attached hydrogens (tertiary/aromatic N) is 4. The van der Waals surface area contributed by atoms with Crippen LogP contribution in [0.15, 0.2) is 12.4 Å². The first-order valence-corrected chi connectivity index (χ1v) is 11.9. The van der Waals surface area contributed by atoms with Crippen LogP contribution in [0.3, 0.4) is 0 Å². The molecular weight excluding hydrogens is 473 g/mol. The van der Waals surface area contributed by atoms with Crippen LogP contribution in [0.5, 0.6) is 0 Å². The molecule has 4 rings (SSSR count). The van der Waals surface area contributed by atoms with Crippen molar-refractivity contribution in [2.24, 2.45) is 5.41 Å². The van der Waals surface area contributed by atoms with Gasteiger partial charge >= 0.3 is 12.1 Å². The zero-order valence-electron chi connectivity index (χ0n) is 18.9. The minimum Gasteiger partial charge on any atom is -0.475 e. The van der Waals surface area contributed by atoms with Crippen molar-refractivity contribution in [1.29, 1.82) is 0 Å². The summed E-state index contributed by atoms with van der Waals surface area (Å²) in [4.78, 5) is 18.8. The fraction of sp³-hybridized carbons (Fsp3) is 0.667. The molecule has 9 nitrogen and oxygen atoms in total. The summed E-state index contributed by atoms with van der Waals surface area (Å²) in [5.41, 5.74) is 1.51. The maximum absolute atomic E-state index is 10.6. The molecule has 2 aliphatic rings. The number of carboxylic acid groups (broad SMARTS) is 1. The highest BCUT2D eigenvalue weighted by molar-refractivity contribution is 7.05. The van der Waals surface area contributed by atoms with Gasteiger partial charge in [-0.2, -0.15) is 13.2 Å². The van der Waals surface area contributed by atoms with Crippen LogP contribution < -0.4 is 10.6 Å². The number of halogens is 3. The Morgan fingerprint density at radius 2 is 1.88 bits per heavy atom. The maximum atomic E-state index is 10.6. The van der Waals surface area contributed by atoms with Crippen LogP contribution in [-0.2, 0) is 16.1 Å². The van der Waals surface area contributed by atoms with Gasteiger partial charge in [0.05, 0.1) is 23.7 Å². The molecule has 0 saturated heterocycles. The highest BCUT2D eigenvalue weighted by atomic mass is 32.1. The SMILES string of the molecule is COCC1(CCNc2cc(NCc3snnc3C3CC3)ncn2)CCCC1.O=C(O)C(F)(F)F. The van der Waals surface area contributed by atoms with Gasteiger partial charge < -0.3 is 20.5 Å². The van der Waals surface area contributed by atoms with Crippen molar-refractivity contribution in [2.45, 2.75) is 63.6 Å². The van der Waals surface area contributed by atoms with E-state index in [1.54, 1.807) is 6.33 Å². The first kappa shape index (κ1) is 26.1. The summed E-state index contributed by atoms with van der Waals surface area (Å²) in [5.74, 6) is -0.441. The fourth-order valence-electron chi connectivity index (χ4n) is 4.08. The third-order valence-corrected chi connectivity index (χ3v) is 6.70. The van der Waals surface area contributed by atoms with E-state index in [1.807, 2.05) is 13.2 Å². The number of aliphatic carboxylic acids is 1. The predicted molar refractivity (Wildman–Crippen MR) is 121 cm³/mol. The molecule has 2 saturated carbocycles. The molecule has 2 aromatic heterocycles. The Morgan fingerprint density at radius 1 is 1.24 bits per heavy atom. The van der Waals surface area contributed by atoms with Crippen LogP contribution in [0.4, 0.5) is 24.8 Å². The van der Waals surface area contributed by atoms with E-state index >= 15 is 0 Å². The van der Waals surface area contributed by atoms with Crippen LogP contribution in [-0.4, -0.2) is 57.1 Å². The lowest BCUT2D eigenvalue weighted by molar-refractivity contribution is -0.192. The second kappa shape index (κ2) is 11.7. The normalized spacial score (nSPS) is 17.1. The predicted octanol–water partition coefficient (Wildman–Crippen LogP) is 4.46. The summed E-state index contributed by atoms with van der Waals surface area (Å²) < 4.78 is 41.3. The smallest absolute Gasteiger partial charge is 0.475 e. The van der Waals surface area contributed by atoms with Gasteiger partial charge in [0.25, 0.3) is 0 Å². The number of ether oxygens (including phenoxy) is 1. The van der Waals surface area contributed by atoms with E-state index in [1.165, 1.54) is 60.6 Å². The molecule has 0 amide bonds. The molecule has 2 aliphatic carbocycles. The van der Waals surface area contributed by atoms with Crippen molar-refractivity contribution >= 4 is 29.1 Å². The van der Waals surface area contributed by atoms with E-state index < -0.39 is 12.1 Å². The van der Waals surface area contributed by atoms with Crippen molar-refractivity contribution in [3.8, 4) is 0 Å². The number of rotatable bonds is 10. The lowest BCUT2D eigenvalue weighted by atomic mass is 9.83. The number of nitrogens with one attached hydrogen (secondary N) is 2. The number of hydrogen-bond acceptors (Lipinski definition) is 9. The minimum atomic E-state index is -5.08. The van der Waals surface area contributed by atoms with Crippen molar-refractivity contribution in [1.82, 2.24) is 19.6 Å². The molecule has 2 fully saturated rings. The molecule has 2 heterocycles. The zero-order valence-corrected chi connectivity index (χ0v) is 19.7. The van der Waals surface area contributed by atoms with Crippen LogP contribution in [0, 0.1) is 5.41 Å². The first-order chi connectivity index (χ1) is 16.2. The Balaban J connectivity index is 0.000000406. The van der Waals surface area contributed by atoms with Gasteiger partial charge in [-0.15, -0.1) is 5.10 Å². The summed E-state index contributed by atoms with van der Waals surface area (Å²) in [7, 11) is 1.81. The number of carbonyl (C=O) groups is 1. The Kier molecular flexibility index (Phi) is 9.00. The molecular formula is C21H29F3N6O3S. The molecule has 0 spiro atoms. The van der Waals surface area contributed by atoms with Gasteiger partial charge in [0.15, 0.2) is 0 Å². The Morgan fingerprint density at radius 3 is 2.47 bits per heavy atom. The quantitative estimate of drug-likeness (QED) is 0.432. The summed E-state index contributed by atoms with van der Waals surface area (Å²) >= 11 is 1.48. The molecule has 2 aromatic rings. The van der Waals surface area contributed by atoms with Gasteiger partial charge in [-0.3, -0.25) is 0 Å². The summed E-state index contributed by atoms with van der Waals surface area (Å²) in [5, 5.41) is 18.3. The van der Waals surface area contributed by atoms with Gasteiger partial charge in [0.2, 0.25) is 0 Å². The third-order valence-electron chi connectivity index (χ3n) is 5.97. The molecule has 0 unspecified atom stereocenters. The Bertz CT molecular complexity index is 932. The number of alkyl halides is 3. The van der Waals surface area contributed by atoms with Crippen LogP contribution in [0.25, 0.3) is 0 Å². The van der Waals surface area contributed by atoms with E-state index in [4.69, 9.17) is 14.6 Å². The molecule has 0 atom stereocenters. The molecule has 0 aliphatic heterocycles. The van der Waals surface area contributed by atoms with Gasteiger partial charge in [-0.05, 0) is 49.1 Å². The molecule has 0 radical (unpaired) electrons. The topological polar surface area (TPSA) is 122 Å². The largest absolute Gasteiger partial charge is 0.490 e. The third kappa shape index (κ3) is 7.76. The van der Waals surface area contributed by atoms with Crippen LogP contribution in [0.1, 0.15) is 61.4 Å². The highest BCUT2D eigenvalue weighted by Gasteiger charge is 2.38. The highest BCUT2D eigenvalue weighted by Crippen LogP contribution is 2.42. The first-order valence-electron chi connectivity index (χ1n) is 11.1. The fourth-order valence-corrected chi connectivity index (χ4v) is 4.75. The number of hydrogen-bond donors (Lipinski definition) is 3. The van der Waals surface area contributed by atoms with Crippen LogP contribution >= 0.6 is 11.5 Å². The summed E-state index contributed by atoms with van der Waals surface area (Å²) in [6.45, 7) is 2.48. The van der Waals surface area contributed by atoms with Gasteiger partial charge in [-0.1, -0.05) is 17.3 Å². The number of methoxy groups -OCH3 is 1. The minimum absolute atomic E-state index is 0.342. The molecule has 3 N–H and O–H groups in total. The monoisotopic (exact) mass is 502 g/mol. The average Bonchev–Trinajstić information content (AvgIpc) is 3.34. The Hall–Kier alpha value is -2.54. The van der Waals surface area contributed by atoms with Gasteiger partial charge in [0, 0.05) is 25.6 Å². The number of carboxylic acids is 1. The molecule has 0 aromatic carbocycles. The van der Waals surface area contributed by atoms with E-state index in [0.717, 1.165) is 37.8 Å². The van der Waals surface area contributed by atoms with Gasteiger partial charge in [-0.25, -0.2) is 14.8 Å². The standard InChI is InChI=1S/C19H28N6OS.C2HF3O2/c1-26-12-19(6-2-3-7-19)8-9-20-16-10-17(23-13-22-16)21-11-15-18(14-4-5-14)24-25-27-15;3-2(4,5)1(6)7/h10,13-14H,2-9,11-12H2,1H3,(H2,20,21,22,23);(H,6,7). The van der Waals surface area contributed by atoms with Crippen molar-refractivity contribution < 1.29 is 27.8 Å². The molecule has 34 heavy (non-hydrogen) atoms. The van der Waals surface area contributed by atoms with E-state index in [0.29, 0.717) is 11.3 Å². The lowest BCUT2D eigenvalue weighted by Crippen LogP contribution is -2.26. The second-order valence-electron chi connectivity index (χ2n) is 8.62. The Labute approximate surface area is 199 Å². The van der Waals surface area contributed by atoms with E-state index in [-0.39, 0.29) is 0 Å². The molecule has 13 heteroatoms.